The lowest BCUT2D eigenvalue weighted by Gasteiger charge is -1.88. The Morgan fingerprint density at radius 2 is 2.08 bits per heavy atom. The van der Waals surface area contributed by atoms with E-state index in [0.29, 0.717) is 0 Å². The van der Waals surface area contributed by atoms with E-state index in [9.17, 15) is 0 Å². The minimum atomic E-state index is 1.01. The molecular formula is C10H10BrN. The van der Waals surface area contributed by atoms with Crippen molar-refractivity contribution >= 4 is 26.8 Å². The van der Waals surface area contributed by atoms with Crippen molar-refractivity contribution in [2.45, 2.75) is 6.42 Å². The Morgan fingerprint density at radius 1 is 1.25 bits per heavy atom. The topological polar surface area (TPSA) is 15.8 Å². The first kappa shape index (κ1) is 7.87. The van der Waals surface area contributed by atoms with Crippen molar-refractivity contribution in [3.63, 3.8) is 0 Å². The molecule has 1 nitrogen and oxygen atoms in total. The lowest BCUT2D eigenvalue weighted by atomic mass is 10.2. The van der Waals surface area contributed by atoms with Crippen LogP contribution in [0.25, 0.3) is 10.9 Å². The maximum absolute atomic E-state index is 3.42. The molecule has 0 aliphatic carbocycles. The van der Waals surface area contributed by atoms with Crippen LogP contribution in [0.4, 0.5) is 0 Å². The molecular weight excluding hydrogens is 214 g/mol. The van der Waals surface area contributed by atoms with E-state index in [0.717, 1.165) is 11.8 Å². The minimum absolute atomic E-state index is 1.01. The van der Waals surface area contributed by atoms with Crippen LogP contribution in [0.15, 0.2) is 30.3 Å². The van der Waals surface area contributed by atoms with E-state index in [1.165, 1.54) is 16.6 Å². The van der Waals surface area contributed by atoms with Gasteiger partial charge < -0.3 is 4.98 Å². The van der Waals surface area contributed by atoms with Crippen LogP contribution in [0.5, 0.6) is 0 Å². The van der Waals surface area contributed by atoms with Gasteiger partial charge in [0, 0.05) is 16.5 Å². The van der Waals surface area contributed by atoms with Gasteiger partial charge >= 0.3 is 0 Å². The van der Waals surface area contributed by atoms with E-state index in [1.807, 2.05) is 0 Å². The molecule has 2 heteroatoms. The number of benzene rings is 1. The van der Waals surface area contributed by atoms with Gasteiger partial charge in [-0.3, -0.25) is 0 Å². The van der Waals surface area contributed by atoms with E-state index in [2.05, 4.69) is 51.2 Å². The molecule has 0 spiro atoms. The predicted molar refractivity (Wildman–Crippen MR) is 55.8 cm³/mol. The molecule has 1 N–H and O–H groups in total. The fourth-order valence-corrected chi connectivity index (χ4v) is 1.80. The largest absolute Gasteiger partial charge is 0.358 e. The molecule has 0 fully saturated rings. The first-order valence-electron chi connectivity index (χ1n) is 4.03. The highest BCUT2D eigenvalue weighted by molar-refractivity contribution is 9.09. The number of nitrogens with one attached hydrogen (secondary N) is 1. The highest BCUT2D eigenvalue weighted by atomic mass is 79.9. The number of hydrogen-bond donors (Lipinski definition) is 1. The Kier molecular flexibility index (Phi) is 2.17. The molecule has 2 aromatic rings. The average molecular weight is 224 g/mol. The van der Waals surface area contributed by atoms with Crippen molar-refractivity contribution in [3.8, 4) is 0 Å². The van der Waals surface area contributed by atoms with Crippen LogP contribution >= 0.6 is 15.9 Å². The number of aromatic amines is 1. The van der Waals surface area contributed by atoms with Gasteiger partial charge in [0.2, 0.25) is 0 Å². The van der Waals surface area contributed by atoms with Crippen LogP contribution in [0.1, 0.15) is 5.69 Å². The van der Waals surface area contributed by atoms with Gasteiger partial charge in [-0.1, -0.05) is 34.1 Å². The number of halogens is 1. The number of aromatic nitrogens is 1. The summed E-state index contributed by atoms with van der Waals surface area (Å²) in [5.41, 5.74) is 2.53. The Balaban J connectivity index is 2.47. The van der Waals surface area contributed by atoms with Crippen molar-refractivity contribution in [2.24, 2.45) is 0 Å². The molecule has 0 saturated carbocycles. The van der Waals surface area contributed by atoms with Gasteiger partial charge in [-0.2, -0.15) is 0 Å². The van der Waals surface area contributed by atoms with E-state index in [1.54, 1.807) is 0 Å². The quantitative estimate of drug-likeness (QED) is 0.754. The van der Waals surface area contributed by atoms with E-state index in [-0.39, 0.29) is 0 Å². The fraction of sp³-hybridized carbons (Fsp3) is 0.200. The Bertz CT molecular complexity index is 345. The van der Waals surface area contributed by atoms with Crippen LogP contribution in [0.2, 0.25) is 0 Å². The maximum atomic E-state index is 3.42. The summed E-state index contributed by atoms with van der Waals surface area (Å²) in [7, 11) is 0. The normalized spacial score (nSPS) is 10.8. The molecule has 0 atom stereocenters. The predicted octanol–water partition coefficient (Wildman–Crippen LogP) is 3.11. The third-order valence-corrected chi connectivity index (χ3v) is 2.35. The summed E-state index contributed by atoms with van der Waals surface area (Å²) in [5, 5.41) is 2.31. The average Bonchev–Trinajstić information content (AvgIpc) is 2.47. The Hall–Kier alpha value is -0.760. The van der Waals surface area contributed by atoms with Gasteiger partial charge in [-0.25, -0.2) is 0 Å². The third-order valence-electron chi connectivity index (χ3n) is 1.95. The zero-order valence-electron chi connectivity index (χ0n) is 6.68. The van der Waals surface area contributed by atoms with Crippen molar-refractivity contribution in [1.29, 1.82) is 0 Å². The molecule has 1 aromatic carbocycles. The summed E-state index contributed by atoms with van der Waals surface area (Å²) in [6.07, 6.45) is 1.06. The third kappa shape index (κ3) is 1.39. The van der Waals surface area contributed by atoms with Gasteiger partial charge in [0.15, 0.2) is 0 Å². The lowest BCUT2D eigenvalue weighted by molar-refractivity contribution is 1.10. The van der Waals surface area contributed by atoms with Gasteiger partial charge in [-0.15, -0.1) is 0 Å². The summed E-state index contributed by atoms with van der Waals surface area (Å²) in [6.45, 7) is 0. The number of aryl methyl sites for hydroxylation is 1. The second-order valence-electron chi connectivity index (χ2n) is 2.82. The maximum Gasteiger partial charge on any atom is 0.0456 e. The number of H-pyrrole nitrogens is 1. The number of rotatable bonds is 2. The minimum Gasteiger partial charge on any atom is -0.358 e. The van der Waals surface area contributed by atoms with E-state index < -0.39 is 0 Å². The Morgan fingerprint density at radius 3 is 2.83 bits per heavy atom. The zero-order chi connectivity index (χ0) is 8.39. The molecule has 0 radical (unpaired) electrons. The smallest absolute Gasteiger partial charge is 0.0456 e. The van der Waals surface area contributed by atoms with Crippen LogP contribution in [-0.2, 0) is 6.42 Å². The molecule has 0 amide bonds. The highest BCUT2D eigenvalue weighted by Crippen LogP contribution is 2.14. The molecule has 62 valence electrons. The summed E-state index contributed by atoms with van der Waals surface area (Å²) in [4.78, 5) is 3.37. The summed E-state index contributed by atoms with van der Waals surface area (Å²) in [5.74, 6) is 0. The molecule has 1 heterocycles. The van der Waals surface area contributed by atoms with Crippen LogP contribution < -0.4 is 0 Å². The molecule has 1 aromatic heterocycles. The zero-order valence-corrected chi connectivity index (χ0v) is 8.26. The molecule has 12 heavy (non-hydrogen) atoms. The van der Waals surface area contributed by atoms with E-state index >= 15 is 0 Å². The van der Waals surface area contributed by atoms with Gasteiger partial charge in [-0.05, 0) is 23.9 Å². The number of hydrogen-bond acceptors (Lipinski definition) is 0. The van der Waals surface area contributed by atoms with Crippen molar-refractivity contribution < 1.29 is 0 Å². The molecule has 0 aliphatic heterocycles. The van der Waals surface area contributed by atoms with Crippen LogP contribution in [0, 0.1) is 0 Å². The first-order valence-corrected chi connectivity index (χ1v) is 5.15. The molecule has 0 aliphatic rings. The fourth-order valence-electron chi connectivity index (χ4n) is 1.37. The van der Waals surface area contributed by atoms with Crippen molar-refractivity contribution in [3.05, 3.63) is 36.0 Å². The van der Waals surface area contributed by atoms with E-state index in [4.69, 9.17) is 0 Å². The molecule has 0 saturated heterocycles. The monoisotopic (exact) mass is 223 g/mol. The van der Waals surface area contributed by atoms with Crippen molar-refractivity contribution in [2.75, 3.05) is 5.33 Å². The molecule has 2 rings (SSSR count). The summed E-state index contributed by atoms with van der Waals surface area (Å²) < 4.78 is 0. The van der Waals surface area contributed by atoms with Crippen LogP contribution in [0.3, 0.4) is 0 Å². The molecule has 0 bridgehead atoms. The second kappa shape index (κ2) is 3.31. The Labute approximate surface area is 79.9 Å². The van der Waals surface area contributed by atoms with Crippen LogP contribution in [-0.4, -0.2) is 10.3 Å². The lowest BCUT2D eigenvalue weighted by Crippen LogP contribution is -1.83. The first-order chi connectivity index (χ1) is 5.90. The van der Waals surface area contributed by atoms with Gasteiger partial charge in [0.05, 0.1) is 0 Å². The summed E-state index contributed by atoms with van der Waals surface area (Å²) >= 11 is 3.42. The highest BCUT2D eigenvalue weighted by Gasteiger charge is 1.97. The molecule has 0 unspecified atom stereocenters. The SMILES string of the molecule is BrCCc1cc2ccccc2[nH]1. The second-order valence-corrected chi connectivity index (χ2v) is 3.61. The standard InChI is InChI=1S/C10H10BrN/c11-6-5-9-7-8-3-1-2-4-10(8)12-9/h1-4,7,12H,5-6H2. The van der Waals surface area contributed by atoms with Gasteiger partial charge in [0.1, 0.15) is 0 Å². The van der Waals surface area contributed by atoms with Gasteiger partial charge in [0.25, 0.3) is 0 Å². The van der Waals surface area contributed by atoms with Crippen molar-refractivity contribution in [1.82, 2.24) is 4.98 Å². The number of alkyl halides is 1. The number of fused-ring (bicyclic) bond motifs is 1. The number of para-hydroxylation sites is 1. The summed E-state index contributed by atoms with van der Waals surface area (Å²) in [6, 6.07) is 10.6.